The van der Waals surface area contributed by atoms with Crippen molar-refractivity contribution >= 4 is 27.7 Å². The highest BCUT2D eigenvalue weighted by atomic mass is 79.9. The van der Waals surface area contributed by atoms with E-state index < -0.39 is 6.09 Å². The van der Waals surface area contributed by atoms with E-state index in [0.717, 1.165) is 5.56 Å². The fraction of sp³-hybridized carbons (Fsp3) is 0.222. The topological polar surface area (TPSA) is 47.6 Å². The largest absolute Gasteiger partial charge is 0.443 e. The molecule has 1 N–H and O–H groups in total. The normalized spacial score (nSPS) is 9.57. The van der Waals surface area contributed by atoms with Crippen LogP contribution in [-0.4, -0.2) is 13.2 Å². The molecule has 0 saturated carbocycles. The summed E-state index contributed by atoms with van der Waals surface area (Å²) in [4.78, 5) is 19.5. The lowest BCUT2D eigenvalue weighted by molar-refractivity contribution is -0.208. The number of carbonyl (C=O) groups excluding carboxylic acids is 1. The Hall–Kier alpha value is -1.07. The zero-order valence-electron chi connectivity index (χ0n) is 7.62. The van der Waals surface area contributed by atoms with Crippen LogP contribution in [-0.2, 0) is 15.1 Å². The smallest absolute Gasteiger partial charge is 0.289 e. The van der Waals surface area contributed by atoms with Gasteiger partial charge >= 0.3 is 6.09 Å². The summed E-state index contributed by atoms with van der Waals surface area (Å²) < 4.78 is 0. The lowest BCUT2D eigenvalue weighted by atomic mass is 10.2. The van der Waals surface area contributed by atoms with Crippen molar-refractivity contribution in [2.45, 2.75) is 5.33 Å². The number of nitrogens with one attached hydrogen (secondary N) is 1. The van der Waals surface area contributed by atoms with Crippen molar-refractivity contribution in [3.05, 3.63) is 29.8 Å². The number of carbonyl (C=O) groups is 1. The summed E-state index contributed by atoms with van der Waals surface area (Å²) in [5.74, 6) is 0. The van der Waals surface area contributed by atoms with Crippen molar-refractivity contribution in [1.29, 1.82) is 0 Å². The van der Waals surface area contributed by atoms with Gasteiger partial charge in [-0.1, -0.05) is 34.1 Å². The molecule has 1 amide bonds. The first-order valence-electron chi connectivity index (χ1n) is 3.93. The van der Waals surface area contributed by atoms with Crippen LogP contribution in [0.3, 0.4) is 0 Å². The Morgan fingerprint density at radius 3 is 2.86 bits per heavy atom. The van der Waals surface area contributed by atoms with Gasteiger partial charge in [0.1, 0.15) is 0 Å². The molecule has 14 heavy (non-hydrogen) atoms. The summed E-state index contributed by atoms with van der Waals surface area (Å²) in [6.45, 7) is 0. The number of rotatable bonds is 3. The lowest BCUT2D eigenvalue weighted by Crippen LogP contribution is -2.13. The highest BCUT2D eigenvalue weighted by Gasteiger charge is 2.06. The summed E-state index contributed by atoms with van der Waals surface area (Å²) >= 11 is 3.31. The van der Waals surface area contributed by atoms with Crippen LogP contribution in [0.25, 0.3) is 0 Å². The highest BCUT2D eigenvalue weighted by Crippen LogP contribution is 2.17. The fourth-order valence-electron chi connectivity index (χ4n) is 0.965. The van der Waals surface area contributed by atoms with E-state index in [0.29, 0.717) is 11.0 Å². The van der Waals surface area contributed by atoms with Crippen molar-refractivity contribution in [3.8, 4) is 0 Å². The van der Waals surface area contributed by atoms with Gasteiger partial charge in [0, 0.05) is 11.0 Å². The molecule has 1 rings (SSSR count). The summed E-state index contributed by atoms with van der Waals surface area (Å²) in [5, 5.41) is 3.21. The third-order valence-electron chi connectivity index (χ3n) is 1.56. The van der Waals surface area contributed by atoms with E-state index in [2.05, 4.69) is 31.0 Å². The van der Waals surface area contributed by atoms with Crippen LogP contribution in [0.5, 0.6) is 0 Å². The van der Waals surface area contributed by atoms with E-state index in [1.807, 2.05) is 18.2 Å². The minimum atomic E-state index is -0.638. The standard InChI is InChI=1S/C9H10BrNO3/c1-13-14-9(12)11-8-5-3-2-4-7(8)6-10/h2-5H,6H2,1H3,(H,11,12). The molecule has 0 fully saturated rings. The molecular weight excluding hydrogens is 250 g/mol. The molecular formula is C9H10BrNO3. The predicted molar refractivity (Wildman–Crippen MR) is 56.2 cm³/mol. The molecule has 1 aromatic carbocycles. The van der Waals surface area contributed by atoms with Crippen LogP contribution in [0, 0.1) is 0 Å². The molecule has 0 aliphatic carbocycles. The molecule has 4 nitrogen and oxygen atoms in total. The number of halogens is 1. The van der Waals surface area contributed by atoms with Gasteiger partial charge < -0.3 is 0 Å². The molecule has 0 radical (unpaired) electrons. The SMILES string of the molecule is COOC(=O)Nc1ccccc1CBr. The van der Waals surface area contributed by atoms with E-state index in [1.54, 1.807) is 6.07 Å². The second-order valence-electron chi connectivity index (χ2n) is 2.45. The average molecular weight is 260 g/mol. The van der Waals surface area contributed by atoms with Crippen LogP contribution in [0.4, 0.5) is 10.5 Å². The number of benzene rings is 1. The van der Waals surface area contributed by atoms with E-state index in [1.165, 1.54) is 7.11 Å². The lowest BCUT2D eigenvalue weighted by Gasteiger charge is -2.07. The first-order valence-corrected chi connectivity index (χ1v) is 5.05. The predicted octanol–water partition coefficient (Wildman–Crippen LogP) is 2.69. The third kappa shape index (κ3) is 3.01. The maximum absolute atomic E-state index is 11.0. The summed E-state index contributed by atoms with van der Waals surface area (Å²) in [6, 6.07) is 7.41. The van der Waals surface area contributed by atoms with Gasteiger partial charge in [-0.2, -0.15) is 4.89 Å². The number of anilines is 1. The van der Waals surface area contributed by atoms with Crippen molar-refractivity contribution in [3.63, 3.8) is 0 Å². The van der Waals surface area contributed by atoms with Crippen molar-refractivity contribution in [2.24, 2.45) is 0 Å². The Kier molecular flexibility index (Phi) is 4.42. The maximum atomic E-state index is 11.0. The van der Waals surface area contributed by atoms with Gasteiger partial charge in [-0.25, -0.2) is 4.79 Å². The second kappa shape index (κ2) is 5.62. The zero-order chi connectivity index (χ0) is 10.4. The van der Waals surface area contributed by atoms with Gasteiger partial charge in [0.05, 0.1) is 7.11 Å². The molecule has 5 heteroatoms. The van der Waals surface area contributed by atoms with Gasteiger partial charge in [-0.15, -0.1) is 0 Å². The first-order chi connectivity index (χ1) is 6.77. The van der Waals surface area contributed by atoms with Gasteiger partial charge in [0.2, 0.25) is 0 Å². The van der Waals surface area contributed by atoms with Crippen molar-refractivity contribution in [1.82, 2.24) is 0 Å². The van der Waals surface area contributed by atoms with Crippen LogP contribution in [0.1, 0.15) is 5.56 Å². The Labute approximate surface area is 90.3 Å². The van der Waals surface area contributed by atoms with Gasteiger partial charge in [-0.05, 0) is 11.6 Å². The number of alkyl halides is 1. The summed E-state index contributed by atoms with van der Waals surface area (Å²) in [7, 11) is 1.27. The zero-order valence-corrected chi connectivity index (χ0v) is 9.21. The molecule has 1 aromatic rings. The molecule has 0 spiro atoms. The fourth-order valence-corrected chi connectivity index (χ4v) is 1.45. The molecule has 0 bridgehead atoms. The average Bonchev–Trinajstić information content (AvgIpc) is 2.19. The van der Waals surface area contributed by atoms with Crippen LogP contribution >= 0.6 is 15.9 Å². The Morgan fingerprint density at radius 1 is 1.50 bits per heavy atom. The highest BCUT2D eigenvalue weighted by molar-refractivity contribution is 9.08. The quantitative estimate of drug-likeness (QED) is 0.516. The van der Waals surface area contributed by atoms with E-state index in [9.17, 15) is 4.79 Å². The number of hydrogen-bond acceptors (Lipinski definition) is 3. The van der Waals surface area contributed by atoms with Gasteiger partial charge in [0.15, 0.2) is 0 Å². The Morgan fingerprint density at radius 2 is 2.21 bits per heavy atom. The molecule has 0 aliphatic heterocycles. The molecule has 0 aromatic heterocycles. The Bertz CT molecular complexity index is 317. The first kappa shape index (κ1) is 11.0. The molecule has 0 saturated heterocycles. The molecule has 0 heterocycles. The van der Waals surface area contributed by atoms with Gasteiger partial charge in [0.25, 0.3) is 0 Å². The van der Waals surface area contributed by atoms with Crippen LogP contribution in [0.2, 0.25) is 0 Å². The minimum Gasteiger partial charge on any atom is -0.289 e. The Balaban J connectivity index is 2.70. The van der Waals surface area contributed by atoms with Crippen LogP contribution in [0.15, 0.2) is 24.3 Å². The molecule has 76 valence electrons. The van der Waals surface area contributed by atoms with E-state index in [4.69, 9.17) is 0 Å². The monoisotopic (exact) mass is 259 g/mol. The number of amides is 1. The van der Waals surface area contributed by atoms with E-state index in [-0.39, 0.29) is 0 Å². The summed E-state index contributed by atoms with van der Waals surface area (Å²) in [6.07, 6.45) is -0.638. The number of hydrogen-bond donors (Lipinski definition) is 1. The third-order valence-corrected chi connectivity index (χ3v) is 2.16. The second-order valence-corrected chi connectivity index (χ2v) is 3.01. The molecule has 0 atom stereocenters. The van der Waals surface area contributed by atoms with Crippen molar-refractivity contribution < 1.29 is 14.6 Å². The van der Waals surface area contributed by atoms with Gasteiger partial charge in [-0.3, -0.25) is 10.2 Å². The summed E-state index contributed by atoms with van der Waals surface area (Å²) in [5.41, 5.74) is 1.67. The van der Waals surface area contributed by atoms with E-state index >= 15 is 0 Å². The molecule has 0 unspecified atom stereocenters. The number of para-hydroxylation sites is 1. The van der Waals surface area contributed by atoms with Crippen LogP contribution < -0.4 is 5.32 Å². The molecule has 0 aliphatic rings. The maximum Gasteiger partial charge on any atom is 0.443 e. The minimum absolute atomic E-state index is 0.638. The van der Waals surface area contributed by atoms with Crippen molar-refractivity contribution in [2.75, 3.05) is 12.4 Å².